The van der Waals surface area contributed by atoms with Gasteiger partial charge in [-0.15, -0.1) is 12.4 Å². The fourth-order valence-electron chi connectivity index (χ4n) is 3.75. The molecule has 2 aliphatic carbocycles. The van der Waals surface area contributed by atoms with Gasteiger partial charge >= 0.3 is 0 Å². The van der Waals surface area contributed by atoms with Crippen molar-refractivity contribution in [3.63, 3.8) is 0 Å². The highest BCUT2D eigenvalue weighted by molar-refractivity contribution is 5.86. The highest BCUT2D eigenvalue weighted by atomic mass is 35.5. The highest BCUT2D eigenvalue weighted by Crippen LogP contribution is 2.55. The Hall–Kier alpha value is -1.91. The van der Waals surface area contributed by atoms with E-state index in [9.17, 15) is 0 Å². The van der Waals surface area contributed by atoms with Crippen molar-refractivity contribution in [1.82, 2.24) is 10.1 Å². The predicted molar refractivity (Wildman–Crippen MR) is 95.3 cm³/mol. The fraction of sp³-hybridized carbons (Fsp3) is 0.368. The summed E-state index contributed by atoms with van der Waals surface area (Å²) >= 11 is 0. The summed E-state index contributed by atoms with van der Waals surface area (Å²) < 4.78 is 5.53. The van der Waals surface area contributed by atoms with E-state index in [1.165, 1.54) is 16.3 Å². The first-order valence-corrected chi connectivity index (χ1v) is 8.35. The predicted octanol–water partition coefficient (Wildman–Crippen LogP) is 4.25. The molecule has 0 amide bonds. The number of nitrogens with zero attached hydrogens (tertiary/aromatic N) is 2. The monoisotopic (exact) mass is 341 g/mol. The number of halogens is 1. The SMILES string of the molecule is Cl.NC1(c2noc(C3CC3c3cccc4ccccc34)n2)CCC1. The van der Waals surface area contributed by atoms with Gasteiger partial charge in [-0.2, -0.15) is 4.98 Å². The van der Waals surface area contributed by atoms with Gasteiger partial charge in [0, 0.05) is 5.92 Å². The topological polar surface area (TPSA) is 64.9 Å². The summed E-state index contributed by atoms with van der Waals surface area (Å²) in [6, 6.07) is 15.1. The van der Waals surface area contributed by atoms with Gasteiger partial charge in [-0.3, -0.25) is 0 Å². The second-order valence-electron chi connectivity index (χ2n) is 6.98. The molecule has 2 N–H and O–H groups in total. The lowest BCUT2D eigenvalue weighted by Gasteiger charge is -2.34. The smallest absolute Gasteiger partial charge is 0.230 e. The van der Waals surface area contributed by atoms with E-state index < -0.39 is 0 Å². The Bertz CT molecular complexity index is 882. The molecule has 2 fully saturated rings. The van der Waals surface area contributed by atoms with E-state index in [4.69, 9.17) is 10.3 Å². The molecule has 0 aliphatic heterocycles. The van der Waals surface area contributed by atoms with Crippen LogP contribution >= 0.6 is 12.4 Å². The first-order chi connectivity index (χ1) is 11.2. The van der Waals surface area contributed by atoms with Crippen LogP contribution in [0.15, 0.2) is 47.0 Å². The summed E-state index contributed by atoms with van der Waals surface area (Å²) in [6.45, 7) is 0. The second kappa shape index (κ2) is 5.57. The van der Waals surface area contributed by atoms with E-state index in [1.807, 2.05) is 0 Å². The maximum atomic E-state index is 6.29. The van der Waals surface area contributed by atoms with Gasteiger partial charge in [-0.05, 0) is 47.9 Å². The van der Waals surface area contributed by atoms with Crippen molar-refractivity contribution >= 4 is 23.2 Å². The average Bonchev–Trinajstić information content (AvgIpc) is 3.20. The van der Waals surface area contributed by atoms with Crippen LogP contribution in [0.25, 0.3) is 10.8 Å². The molecule has 3 aromatic rings. The molecule has 2 aliphatic rings. The third kappa shape index (κ3) is 2.33. The number of hydrogen-bond donors (Lipinski definition) is 1. The van der Waals surface area contributed by atoms with Crippen molar-refractivity contribution in [2.75, 3.05) is 0 Å². The Kier molecular flexibility index (Phi) is 3.62. The Morgan fingerprint density at radius 2 is 1.83 bits per heavy atom. The molecule has 2 aromatic carbocycles. The maximum Gasteiger partial charge on any atom is 0.230 e. The van der Waals surface area contributed by atoms with E-state index >= 15 is 0 Å². The number of hydrogen-bond acceptors (Lipinski definition) is 4. The zero-order valence-electron chi connectivity index (χ0n) is 13.3. The minimum atomic E-state index is -0.342. The Balaban J connectivity index is 0.00000146. The van der Waals surface area contributed by atoms with E-state index in [0.29, 0.717) is 17.7 Å². The van der Waals surface area contributed by atoms with E-state index in [2.05, 4.69) is 52.6 Å². The summed E-state index contributed by atoms with van der Waals surface area (Å²) in [7, 11) is 0. The molecule has 24 heavy (non-hydrogen) atoms. The zero-order valence-corrected chi connectivity index (χ0v) is 14.1. The third-order valence-corrected chi connectivity index (χ3v) is 5.46. The van der Waals surface area contributed by atoms with Crippen LogP contribution in [0, 0.1) is 0 Å². The quantitative estimate of drug-likeness (QED) is 0.773. The second-order valence-corrected chi connectivity index (χ2v) is 6.98. The molecule has 1 heterocycles. The number of aromatic nitrogens is 2. The van der Waals surface area contributed by atoms with Gasteiger partial charge in [-0.1, -0.05) is 47.6 Å². The molecule has 0 spiro atoms. The molecule has 0 saturated heterocycles. The third-order valence-electron chi connectivity index (χ3n) is 5.46. The number of fused-ring (bicyclic) bond motifs is 1. The van der Waals surface area contributed by atoms with E-state index in [1.54, 1.807) is 0 Å². The zero-order chi connectivity index (χ0) is 15.4. The van der Waals surface area contributed by atoms with Crippen molar-refractivity contribution in [2.24, 2.45) is 5.73 Å². The summed E-state index contributed by atoms with van der Waals surface area (Å²) in [5.41, 5.74) is 7.34. The van der Waals surface area contributed by atoms with Crippen LogP contribution in [-0.4, -0.2) is 10.1 Å². The molecule has 4 nitrogen and oxygen atoms in total. The number of benzene rings is 2. The van der Waals surface area contributed by atoms with Crippen LogP contribution in [0.3, 0.4) is 0 Å². The van der Waals surface area contributed by atoms with Crippen molar-refractivity contribution in [3.05, 3.63) is 59.7 Å². The molecule has 5 rings (SSSR count). The molecule has 2 saturated carbocycles. The van der Waals surface area contributed by atoms with Crippen molar-refractivity contribution in [1.29, 1.82) is 0 Å². The number of nitrogens with two attached hydrogens (primary N) is 1. The van der Waals surface area contributed by atoms with Gasteiger partial charge in [0.05, 0.1) is 5.54 Å². The van der Waals surface area contributed by atoms with Gasteiger partial charge in [0.2, 0.25) is 5.89 Å². The molecule has 5 heteroatoms. The normalized spacial score (nSPS) is 24.2. The Morgan fingerprint density at radius 3 is 2.62 bits per heavy atom. The van der Waals surface area contributed by atoms with Crippen molar-refractivity contribution in [3.8, 4) is 0 Å². The summed E-state index contributed by atoms with van der Waals surface area (Å²) in [6.07, 6.45) is 4.16. The average molecular weight is 342 g/mol. The maximum absolute atomic E-state index is 6.29. The minimum Gasteiger partial charge on any atom is -0.339 e. The summed E-state index contributed by atoms with van der Waals surface area (Å²) in [4.78, 5) is 4.62. The van der Waals surface area contributed by atoms with Gasteiger partial charge in [0.1, 0.15) is 0 Å². The molecule has 2 atom stereocenters. The lowest BCUT2D eigenvalue weighted by molar-refractivity contribution is 0.229. The van der Waals surface area contributed by atoms with Crippen LogP contribution in [0.5, 0.6) is 0 Å². The minimum absolute atomic E-state index is 0. The van der Waals surface area contributed by atoms with Crippen LogP contribution in [0.1, 0.15) is 54.8 Å². The van der Waals surface area contributed by atoms with E-state index in [0.717, 1.165) is 31.6 Å². The lowest BCUT2D eigenvalue weighted by Crippen LogP contribution is -2.44. The molecular weight excluding hydrogens is 322 g/mol. The van der Waals surface area contributed by atoms with Crippen molar-refractivity contribution < 1.29 is 4.52 Å². The highest BCUT2D eigenvalue weighted by Gasteiger charge is 2.46. The van der Waals surface area contributed by atoms with Gasteiger partial charge in [-0.25, -0.2) is 0 Å². The van der Waals surface area contributed by atoms with Crippen molar-refractivity contribution in [2.45, 2.75) is 43.1 Å². The fourth-order valence-corrected chi connectivity index (χ4v) is 3.75. The van der Waals surface area contributed by atoms with Crippen LogP contribution < -0.4 is 5.73 Å². The first kappa shape index (κ1) is 15.6. The molecule has 124 valence electrons. The molecule has 2 unspecified atom stereocenters. The Morgan fingerprint density at radius 1 is 1.04 bits per heavy atom. The standard InChI is InChI=1S/C19H19N3O.ClH/c20-19(9-4-10-19)18-21-17(23-22-18)16-11-15(16)14-8-3-6-12-5-1-2-7-13(12)14;/h1-3,5-8,15-16H,4,9-11,20H2;1H. The Labute approximate surface area is 146 Å². The largest absolute Gasteiger partial charge is 0.339 e. The van der Waals surface area contributed by atoms with E-state index in [-0.39, 0.29) is 17.9 Å². The van der Waals surface area contributed by atoms with Crippen LogP contribution in [0.2, 0.25) is 0 Å². The first-order valence-electron chi connectivity index (χ1n) is 8.35. The van der Waals surface area contributed by atoms with Crippen LogP contribution in [0.4, 0.5) is 0 Å². The van der Waals surface area contributed by atoms with Crippen LogP contribution in [-0.2, 0) is 5.54 Å². The molecule has 0 bridgehead atoms. The molecular formula is C19H20ClN3O. The van der Waals surface area contributed by atoms with Gasteiger partial charge < -0.3 is 10.3 Å². The summed E-state index contributed by atoms with van der Waals surface area (Å²) in [5.74, 6) is 2.27. The number of rotatable bonds is 3. The van der Waals surface area contributed by atoms with Gasteiger partial charge in [0.25, 0.3) is 0 Å². The van der Waals surface area contributed by atoms with Gasteiger partial charge in [0.15, 0.2) is 5.82 Å². The molecule has 1 aromatic heterocycles. The lowest BCUT2D eigenvalue weighted by atomic mass is 9.77. The molecule has 0 radical (unpaired) electrons. The summed E-state index contributed by atoms with van der Waals surface area (Å²) in [5, 5.41) is 6.77.